The molecule has 132 valence electrons. The molecule has 1 aromatic carbocycles. The standard InChI is InChI=1S/C19H29N3O2/c23-18-7-4-10-22(14-18)15-19(24)20-12-16-5-3-6-17(11-16)13-21-8-1-2-9-21/h3,5-6,11,18,23H,1-2,4,7-10,12-15H2,(H,20,24). The van der Waals surface area contributed by atoms with Crippen LogP contribution in [0.15, 0.2) is 24.3 Å². The minimum absolute atomic E-state index is 0.0362. The van der Waals surface area contributed by atoms with Gasteiger partial charge in [0.2, 0.25) is 5.91 Å². The summed E-state index contributed by atoms with van der Waals surface area (Å²) < 4.78 is 0. The normalized spacial score (nSPS) is 22.6. The third-order valence-corrected chi connectivity index (χ3v) is 4.93. The molecule has 2 fully saturated rings. The molecule has 2 N–H and O–H groups in total. The number of aliphatic hydroxyl groups excluding tert-OH is 1. The van der Waals surface area contributed by atoms with Crippen molar-refractivity contribution < 1.29 is 9.90 Å². The lowest BCUT2D eigenvalue weighted by atomic mass is 10.1. The Bertz CT molecular complexity index is 543. The summed E-state index contributed by atoms with van der Waals surface area (Å²) >= 11 is 0. The van der Waals surface area contributed by atoms with Gasteiger partial charge in [-0.1, -0.05) is 24.3 Å². The van der Waals surface area contributed by atoms with Crippen LogP contribution in [0.3, 0.4) is 0 Å². The van der Waals surface area contributed by atoms with E-state index in [1.165, 1.54) is 31.5 Å². The molecule has 0 aliphatic carbocycles. The number of hydrogen-bond donors (Lipinski definition) is 2. The van der Waals surface area contributed by atoms with Gasteiger partial charge in [-0.3, -0.25) is 14.6 Å². The first-order valence-electron chi connectivity index (χ1n) is 9.16. The number of nitrogens with one attached hydrogen (secondary N) is 1. The molecule has 1 amide bonds. The molecule has 2 aliphatic heterocycles. The first kappa shape index (κ1) is 17.4. The molecule has 2 heterocycles. The van der Waals surface area contributed by atoms with Gasteiger partial charge in [0.05, 0.1) is 12.6 Å². The van der Waals surface area contributed by atoms with Gasteiger partial charge in [-0.15, -0.1) is 0 Å². The van der Waals surface area contributed by atoms with Gasteiger partial charge in [-0.25, -0.2) is 0 Å². The Balaban J connectivity index is 1.44. The number of hydrogen-bond acceptors (Lipinski definition) is 4. The SMILES string of the molecule is O=C(CN1CCCC(O)C1)NCc1cccc(CN2CCCC2)c1. The van der Waals surface area contributed by atoms with Crippen molar-refractivity contribution in [2.24, 2.45) is 0 Å². The van der Waals surface area contributed by atoms with Crippen molar-refractivity contribution >= 4 is 5.91 Å². The smallest absolute Gasteiger partial charge is 0.234 e. The van der Waals surface area contributed by atoms with Gasteiger partial charge in [-0.05, 0) is 56.4 Å². The minimum Gasteiger partial charge on any atom is -0.392 e. The molecule has 24 heavy (non-hydrogen) atoms. The van der Waals surface area contributed by atoms with Gasteiger partial charge < -0.3 is 10.4 Å². The Morgan fingerprint density at radius 3 is 2.67 bits per heavy atom. The average molecular weight is 331 g/mol. The summed E-state index contributed by atoms with van der Waals surface area (Å²) in [6.45, 7) is 5.86. The Hall–Kier alpha value is -1.43. The first-order chi connectivity index (χ1) is 11.7. The predicted molar refractivity (Wildman–Crippen MR) is 94.5 cm³/mol. The fourth-order valence-electron chi connectivity index (χ4n) is 3.67. The predicted octanol–water partition coefficient (Wildman–Crippen LogP) is 1.36. The highest BCUT2D eigenvalue weighted by Crippen LogP contribution is 2.14. The van der Waals surface area contributed by atoms with Crippen LogP contribution in [0.25, 0.3) is 0 Å². The number of carbonyl (C=O) groups excluding carboxylic acids is 1. The number of β-amino-alcohol motifs (C(OH)–C–C–N with tert-alkyl or cyclic N) is 1. The molecule has 3 rings (SSSR count). The van der Waals surface area contributed by atoms with E-state index in [1.807, 2.05) is 4.90 Å². The molecule has 5 nitrogen and oxygen atoms in total. The van der Waals surface area contributed by atoms with Gasteiger partial charge in [-0.2, -0.15) is 0 Å². The summed E-state index contributed by atoms with van der Waals surface area (Å²) in [6.07, 6.45) is 4.14. The van der Waals surface area contributed by atoms with Crippen LogP contribution >= 0.6 is 0 Å². The van der Waals surface area contributed by atoms with Crippen molar-refractivity contribution in [1.29, 1.82) is 0 Å². The third-order valence-electron chi connectivity index (χ3n) is 4.93. The summed E-state index contributed by atoms with van der Waals surface area (Å²) in [5.41, 5.74) is 2.47. The van der Waals surface area contributed by atoms with E-state index in [1.54, 1.807) is 0 Å². The largest absolute Gasteiger partial charge is 0.392 e. The molecule has 0 saturated carbocycles. The Morgan fingerprint density at radius 1 is 1.12 bits per heavy atom. The van der Waals surface area contributed by atoms with E-state index in [-0.39, 0.29) is 12.0 Å². The molecule has 1 aromatic rings. The second-order valence-electron chi connectivity index (χ2n) is 7.11. The van der Waals surface area contributed by atoms with Gasteiger partial charge in [0.1, 0.15) is 0 Å². The van der Waals surface area contributed by atoms with Crippen LogP contribution in [0.4, 0.5) is 0 Å². The van der Waals surface area contributed by atoms with Crippen molar-refractivity contribution in [3.05, 3.63) is 35.4 Å². The summed E-state index contributed by atoms with van der Waals surface area (Å²) in [5.74, 6) is 0.0362. The van der Waals surface area contributed by atoms with Crippen LogP contribution in [0, 0.1) is 0 Å². The lowest BCUT2D eigenvalue weighted by Gasteiger charge is -2.29. The molecule has 0 aromatic heterocycles. The fourth-order valence-corrected chi connectivity index (χ4v) is 3.67. The summed E-state index contributed by atoms with van der Waals surface area (Å²) in [4.78, 5) is 16.6. The maximum Gasteiger partial charge on any atom is 0.234 e. The molecular weight excluding hydrogens is 302 g/mol. The van der Waals surface area contributed by atoms with Crippen molar-refractivity contribution in [2.45, 2.75) is 44.9 Å². The number of carbonyl (C=O) groups is 1. The Kier molecular flexibility index (Phi) is 6.24. The number of piperidine rings is 1. The molecule has 5 heteroatoms. The van der Waals surface area contributed by atoms with Gasteiger partial charge in [0.25, 0.3) is 0 Å². The molecule has 1 unspecified atom stereocenters. The fraction of sp³-hybridized carbons (Fsp3) is 0.632. The van der Waals surface area contributed by atoms with Crippen LogP contribution in [0.1, 0.15) is 36.8 Å². The Labute approximate surface area is 144 Å². The quantitative estimate of drug-likeness (QED) is 0.826. The summed E-state index contributed by atoms with van der Waals surface area (Å²) in [7, 11) is 0. The van der Waals surface area contributed by atoms with Crippen molar-refractivity contribution in [2.75, 3.05) is 32.7 Å². The van der Waals surface area contributed by atoms with Gasteiger partial charge in [0.15, 0.2) is 0 Å². The molecule has 1 atom stereocenters. The minimum atomic E-state index is -0.284. The number of amides is 1. The molecular formula is C19H29N3O2. The first-order valence-corrected chi connectivity index (χ1v) is 9.16. The Morgan fingerprint density at radius 2 is 1.88 bits per heavy atom. The van der Waals surface area contributed by atoms with Crippen molar-refractivity contribution in [3.63, 3.8) is 0 Å². The van der Waals surface area contributed by atoms with E-state index < -0.39 is 0 Å². The van der Waals surface area contributed by atoms with Crippen LogP contribution < -0.4 is 5.32 Å². The average Bonchev–Trinajstić information content (AvgIpc) is 3.06. The third kappa shape index (κ3) is 5.30. The van der Waals surface area contributed by atoms with E-state index in [2.05, 4.69) is 34.5 Å². The van der Waals surface area contributed by atoms with E-state index in [0.717, 1.165) is 31.5 Å². The number of benzene rings is 1. The second-order valence-corrected chi connectivity index (χ2v) is 7.11. The molecule has 2 saturated heterocycles. The van der Waals surface area contributed by atoms with Crippen LogP contribution in [0.2, 0.25) is 0 Å². The monoisotopic (exact) mass is 331 g/mol. The zero-order chi connectivity index (χ0) is 16.8. The number of nitrogens with zero attached hydrogens (tertiary/aromatic N) is 2. The van der Waals surface area contributed by atoms with E-state index >= 15 is 0 Å². The van der Waals surface area contributed by atoms with Crippen molar-refractivity contribution in [3.8, 4) is 0 Å². The maximum absolute atomic E-state index is 12.1. The van der Waals surface area contributed by atoms with Crippen LogP contribution in [0.5, 0.6) is 0 Å². The lowest BCUT2D eigenvalue weighted by molar-refractivity contribution is -0.123. The molecule has 0 radical (unpaired) electrons. The topological polar surface area (TPSA) is 55.8 Å². The van der Waals surface area contributed by atoms with E-state index in [4.69, 9.17) is 0 Å². The van der Waals surface area contributed by atoms with Crippen LogP contribution in [-0.2, 0) is 17.9 Å². The molecule has 2 aliphatic rings. The van der Waals surface area contributed by atoms with Gasteiger partial charge >= 0.3 is 0 Å². The zero-order valence-corrected chi connectivity index (χ0v) is 14.4. The highest BCUT2D eigenvalue weighted by atomic mass is 16.3. The molecule has 0 spiro atoms. The number of aliphatic hydroxyl groups is 1. The zero-order valence-electron chi connectivity index (χ0n) is 14.4. The number of likely N-dealkylation sites (tertiary alicyclic amines) is 2. The second kappa shape index (κ2) is 8.60. The highest BCUT2D eigenvalue weighted by Gasteiger charge is 2.19. The van der Waals surface area contributed by atoms with Crippen molar-refractivity contribution in [1.82, 2.24) is 15.1 Å². The lowest BCUT2D eigenvalue weighted by Crippen LogP contribution is -2.44. The van der Waals surface area contributed by atoms with Gasteiger partial charge in [0, 0.05) is 19.6 Å². The number of rotatable bonds is 6. The van der Waals surface area contributed by atoms with Crippen LogP contribution in [-0.4, -0.2) is 59.6 Å². The highest BCUT2D eigenvalue weighted by molar-refractivity contribution is 5.78. The maximum atomic E-state index is 12.1. The van der Waals surface area contributed by atoms with E-state index in [0.29, 0.717) is 19.6 Å². The van der Waals surface area contributed by atoms with E-state index in [9.17, 15) is 9.90 Å². The summed E-state index contributed by atoms with van der Waals surface area (Å²) in [5, 5.41) is 12.7. The summed E-state index contributed by atoms with van der Waals surface area (Å²) in [6, 6.07) is 8.51. The molecule has 0 bridgehead atoms.